The van der Waals surface area contributed by atoms with Crippen LogP contribution in [-0.2, 0) is 30.1 Å². The number of rotatable bonds is 8. The maximum atomic E-state index is 13.2. The van der Waals surface area contributed by atoms with Crippen molar-refractivity contribution in [1.82, 2.24) is 24.2 Å². The molecule has 3 aliphatic carbocycles. The summed E-state index contributed by atoms with van der Waals surface area (Å²) in [5.41, 5.74) is -0.778. The van der Waals surface area contributed by atoms with Crippen molar-refractivity contribution < 1.29 is 22.7 Å². The number of anilines is 1. The Hall–Kier alpha value is -3.19. The van der Waals surface area contributed by atoms with Crippen LogP contribution in [0, 0.1) is 0 Å². The second-order valence-electron chi connectivity index (χ2n) is 12.2. The highest BCUT2D eigenvalue weighted by atomic mass is 28.3. The zero-order valence-corrected chi connectivity index (χ0v) is 23.7. The van der Waals surface area contributed by atoms with E-state index in [1.807, 2.05) is 6.20 Å². The van der Waals surface area contributed by atoms with Crippen molar-refractivity contribution in [2.24, 2.45) is 7.05 Å². The number of urea groups is 1. The Balaban J connectivity index is 1.22. The third kappa shape index (κ3) is 4.97. The molecule has 9 nitrogen and oxygen atoms in total. The molecule has 3 heterocycles. The average molecular weight is 563 g/mol. The van der Waals surface area contributed by atoms with E-state index >= 15 is 0 Å². The van der Waals surface area contributed by atoms with Crippen LogP contribution in [0.25, 0.3) is 11.0 Å². The Morgan fingerprint density at radius 1 is 1.21 bits per heavy atom. The van der Waals surface area contributed by atoms with Crippen LogP contribution in [0.1, 0.15) is 30.4 Å². The van der Waals surface area contributed by atoms with Crippen molar-refractivity contribution in [3.8, 4) is 0 Å². The highest BCUT2D eigenvalue weighted by molar-refractivity contribution is 6.76. The van der Waals surface area contributed by atoms with Gasteiger partial charge in [0.2, 0.25) is 0 Å². The van der Waals surface area contributed by atoms with Crippen LogP contribution in [-0.4, -0.2) is 57.5 Å². The number of nitrogens with one attached hydrogen (secondary N) is 1. The number of ether oxygens (including phenoxy) is 1. The summed E-state index contributed by atoms with van der Waals surface area (Å²) in [5.74, 6) is 0. The molecule has 210 valence electrons. The fourth-order valence-electron chi connectivity index (χ4n) is 5.65. The number of amides is 2. The molecule has 0 saturated heterocycles. The molecule has 13 heteroatoms. The lowest BCUT2D eigenvalue weighted by atomic mass is 9.37. The lowest BCUT2D eigenvalue weighted by molar-refractivity contribution is -0.140. The molecule has 0 atom stereocenters. The van der Waals surface area contributed by atoms with Crippen molar-refractivity contribution in [3.63, 3.8) is 0 Å². The highest BCUT2D eigenvalue weighted by Crippen LogP contribution is 2.70. The van der Waals surface area contributed by atoms with Crippen LogP contribution in [0.3, 0.4) is 0 Å². The Bertz CT molecular complexity index is 1470. The number of fused-ring (bicyclic) bond motifs is 1. The number of alkyl halides is 3. The van der Waals surface area contributed by atoms with Gasteiger partial charge in [0.05, 0.1) is 11.8 Å². The van der Waals surface area contributed by atoms with Gasteiger partial charge in [0.25, 0.3) is 5.56 Å². The van der Waals surface area contributed by atoms with E-state index in [1.54, 1.807) is 17.9 Å². The van der Waals surface area contributed by atoms with Crippen molar-refractivity contribution in [1.29, 1.82) is 0 Å². The van der Waals surface area contributed by atoms with Gasteiger partial charge in [-0.25, -0.2) is 14.5 Å². The van der Waals surface area contributed by atoms with E-state index in [2.05, 4.69) is 41.1 Å². The van der Waals surface area contributed by atoms with Crippen molar-refractivity contribution in [2.45, 2.75) is 68.8 Å². The molecule has 39 heavy (non-hydrogen) atoms. The second kappa shape index (κ2) is 9.19. The van der Waals surface area contributed by atoms with E-state index in [9.17, 15) is 22.8 Å². The molecule has 3 aromatic rings. The number of nitrogens with zero attached hydrogens (tertiary/aromatic N) is 5. The van der Waals surface area contributed by atoms with E-state index in [-0.39, 0.29) is 5.41 Å². The van der Waals surface area contributed by atoms with Gasteiger partial charge in [-0.3, -0.25) is 4.79 Å². The first-order chi connectivity index (χ1) is 18.1. The van der Waals surface area contributed by atoms with Gasteiger partial charge in [0.1, 0.15) is 12.4 Å². The number of carbonyl (C=O) groups excluding carboxylic acids is 1. The van der Waals surface area contributed by atoms with Gasteiger partial charge in [-0.05, 0) is 43.0 Å². The third-order valence-corrected chi connectivity index (χ3v) is 9.77. The summed E-state index contributed by atoms with van der Waals surface area (Å²) in [4.78, 5) is 31.4. The highest BCUT2D eigenvalue weighted by Gasteiger charge is 2.71. The predicted octanol–water partition coefficient (Wildman–Crippen LogP) is 4.80. The minimum atomic E-state index is -4.64. The Labute approximate surface area is 225 Å². The normalized spacial score (nSPS) is 22.4. The molecule has 3 fully saturated rings. The monoisotopic (exact) mass is 562 g/mol. The molecule has 0 aromatic carbocycles. The lowest BCUT2D eigenvalue weighted by Gasteiger charge is -2.73. The Morgan fingerprint density at radius 3 is 2.54 bits per heavy atom. The van der Waals surface area contributed by atoms with Gasteiger partial charge in [-0.15, -0.1) is 0 Å². The van der Waals surface area contributed by atoms with Crippen LogP contribution in [0.5, 0.6) is 0 Å². The van der Waals surface area contributed by atoms with E-state index in [0.29, 0.717) is 44.9 Å². The first-order valence-electron chi connectivity index (χ1n) is 12.9. The summed E-state index contributed by atoms with van der Waals surface area (Å²) < 4.78 is 48.0. The summed E-state index contributed by atoms with van der Waals surface area (Å²) in [6.45, 7) is 7.97. The van der Waals surface area contributed by atoms with Crippen LogP contribution in [0.2, 0.25) is 25.7 Å². The maximum Gasteiger partial charge on any atom is 0.417 e. The molecule has 2 amide bonds. The van der Waals surface area contributed by atoms with Gasteiger partial charge >= 0.3 is 12.2 Å². The van der Waals surface area contributed by atoms with E-state index in [0.717, 1.165) is 27.2 Å². The van der Waals surface area contributed by atoms with E-state index < -0.39 is 42.6 Å². The Kier molecular flexibility index (Phi) is 6.45. The molecular weight excluding hydrogens is 529 g/mol. The molecule has 3 aliphatic rings. The average Bonchev–Trinajstić information content (AvgIpc) is 3.18. The summed E-state index contributed by atoms with van der Waals surface area (Å²) in [7, 11) is 1.67. The minimum absolute atomic E-state index is 0.0992. The van der Waals surface area contributed by atoms with Crippen molar-refractivity contribution in [3.05, 3.63) is 52.2 Å². The SMILES string of the molecule is CN(C(=O)Nc1cc(C(F)(F)F)cn(C)c1=O)C12CC(c3cnc4c(cnn4COCC[Si](C)(C)C)c3)(C1)C2. The number of halogens is 3. The van der Waals surface area contributed by atoms with E-state index in [1.165, 1.54) is 11.9 Å². The zero-order chi connectivity index (χ0) is 28.4. The molecule has 0 spiro atoms. The Morgan fingerprint density at radius 2 is 1.90 bits per heavy atom. The number of carbonyl (C=O) groups is 1. The molecule has 3 saturated carbocycles. The number of aryl methyl sites for hydroxylation is 1. The van der Waals surface area contributed by atoms with Crippen molar-refractivity contribution in [2.75, 3.05) is 19.0 Å². The quantitative estimate of drug-likeness (QED) is 0.315. The summed E-state index contributed by atoms with van der Waals surface area (Å²) in [6, 6.07) is 3.24. The van der Waals surface area contributed by atoms with E-state index in [4.69, 9.17) is 4.74 Å². The first kappa shape index (κ1) is 27.4. The molecular formula is C26H33F3N6O3Si. The number of hydrogen-bond acceptors (Lipinski definition) is 5. The topological polar surface area (TPSA) is 94.3 Å². The van der Waals surface area contributed by atoms with Crippen molar-refractivity contribution >= 4 is 30.8 Å². The minimum Gasteiger partial charge on any atom is -0.359 e. The molecule has 2 bridgehead atoms. The van der Waals surface area contributed by atoms with Crippen LogP contribution in [0.15, 0.2) is 35.5 Å². The lowest BCUT2D eigenvalue weighted by Crippen LogP contribution is -2.77. The zero-order valence-electron chi connectivity index (χ0n) is 22.7. The second-order valence-corrected chi connectivity index (χ2v) is 17.8. The van der Waals surface area contributed by atoms with Gasteiger partial charge in [0, 0.05) is 57.5 Å². The standard InChI is InChI=1S/C26H33F3N6O3Si/c1-33-12-19(26(27,28)29)9-20(22(33)36)32-23(37)34(2)25-13-24(14-25,15-25)18-8-17-10-31-35(21(17)30-11-18)16-38-6-7-39(3,4)5/h8-12H,6-7,13-16H2,1-5H3,(H,32,37). The number of aromatic nitrogens is 4. The molecule has 0 radical (unpaired) electrons. The molecule has 0 unspecified atom stereocenters. The van der Waals surface area contributed by atoms with Gasteiger partial charge in [0.15, 0.2) is 5.65 Å². The first-order valence-corrected chi connectivity index (χ1v) is 16.6. The molecule has 0 aliphatic heterocycles. The molecule has 1 N–H and O–H groups in total. The number of hydrogen-bond donors (Lipinski definition) is 1. The van der Waals surface area contributed by atoms with Gasteiger partial charge < -0.3 is 19.5 Å². The maximum absolute atomic E-state index is 13.2. The molecule has 3 aromatic heterocycles. The predicted molar refractivity (Wildman–Crippen MR) is 143 cm³/mol. The smallest absolute Gasteiger partial charge is 0.359 e. The molecule has 6 rings (SSSR count). The fourth-order valence-corrected chi connectivity index (χ4v) is 6.41. The van der Waals surface area contributed by atoms with Crippen LogP contribution >= 0.6 is 0 Å². The number of pyridine rings is 2. The summed E-state index contributed by atoms with van der Waals surface area (Å²) in [6.07, 6.45) is 1.86. The van der Waals surface area contributed by atoms with Crippen LogP contribution < -0.4 is 10.9 Å². The van der Waals surface area contributed by atoms with Gasteiger partial charge in [-0.1, -0.05) is 19.6 Å². The summed E-state index contributed by atoms with van der Waals surface area (Å²) >= 11 is 0. The van der Waals surface area contributed by atoms with Gasteiger partial charge in [-0.2, -0.15) is 18.3 Å². The third-order valence-electron chi connectivity index (χ3n) is 8.07. The summed E-state index contributed by atoms with van der Waals surface area (Å²) in [5, 5.41) is 7.74. The fraction of sp³-hybridized carbons (Fsp3) is 0.538. The largest absolute Gasteiger partial charge is 0.417 e. The van der Waals surface area contributed by atoms with Crippen LogP contribution in [0.4, 0.5) is 23.7 Å².